The minimum Gasteiger partial charge on any atom is -0.391 e. The lowest BCUT2D eigenvalue weighted by molar-refractivity contribution is -0.170. The number of carbonyl (C=O) groups is 1. The number of likely N-dealkylation sites (tertiary alicyclic amines) is 1. The van der Waals surface area contributed by atoms with Crippen LogP contribution in [0.3, 0.4) is 0 Å². The first-order chi connectivity index (χ1) is 9.65. The highest BCUT2D eigenvalue weighted by Gasteiger charge is 2.59. The Labute approximate surface area is 120 Å². The Morgan fingerprint density at radius 3 is 2.85 bits per heavy atom. The van der Waals surface area contributed by atoms with Crippen molar-refractivity contribution in [1.29, 1.82) is 0 Å². The number of nitrogens with one attached hydrogen (secondary N) is 1. The molecule has 3 unspecified atom stereocenters. The molecule has 5 nitrogen and oxygen atoms in total. The third-order valence-electron chi connectivity index (χ3n) is 5.42. The van der Waals surface area contributed by atoms with Gasteiger partial charge in [-0.25, -0.2) is 4.79 Å². The molecular weight excluding hydrogens is 256 g/mol. The molecule has 2 saturated carbocycles. The van der Waals surface area contributed by atoms with E-state index in [-0.39, 0.29) is 23.6 Å². The van der Waals surface area contributed by atoms with Crippen LogP contribution >= 0.6 is 0 Å². The van der Waals surface area contributed by atoms with Crippen molar-refractivity contribution in [2.24, 2.45) is 5.41 Å². The zero-order valence-corrected chi connectivity index (χ0v) is 12.3. The molecule has 3 atom stereocenters. The van der Waals surface area contributed by atoms with E-state index in [9.17, 15) is 9.90 Å². The summed E-state index contributed by atoms with van der Waals surface area (Å²) in [7, 11) is 0. The van der Waals surface area contributed by atoms with Crippen LogP contribution in [-0.4, -0.2) is 54.0 Å². The van der Waals surface area contributed by atoms with Crippen LogP contribution in [0.15, 0.2) is 0 Å². The first-order valence-electron chi connectivity index (χ1n) is 8.01. The van der Waals surface area contributed by atoms with Crippen molar-refractivity contribution in [3.63, 3.8) is 0 Å². The van der Waals surface area contributed by atoms with Gasteiger partial charge >= 0.3 is 6.03 Å². The molecule has 20 heavy (non-hydrogen) atoms. The second-order valence-corrected chi connectivity index (χ2v) is 6.51. The zero-order valence-electron chi connectivity index (χ0n) is 12.3. The van der Waals surface area contributed by atoms with Gasteiger partial charge in [0.25, 0.3) is 0 Å². The van der Waals surface area contributed by atoms with Crippen molar-refractivity contribution in [3.05, 3.63) is 0 Å². The van der Waals surface area contributed by atoms with Gasteiger partial charge < -0.3 is 20.1 Å². The number of aliphatic hydroxyl groups excluding tert-OH is 1. The first kappa shape index (κ1) is 14.1. The van der Waals surface area contributed by atoms with Gasteiger partial charge in [0.15, 0.2) is 0 Å². The van der Waals surface area contributed by atoms with Gasteiger partial charge in [0.2, 0.25) is 0 Å². The second-order valence-electron chi connectivity index (χ2n) is 6.51. The van der Waals surface area contributed by atoms with E-state index in [1.165, 1.54) is 19.3 Å². The Bertz CT molecular complexity index is 370. The van der Waals surface area contributed by atoms with Crippen molar-refractivity contribution < 1.29 is 14.6 Å². The van der Waals surface area contributed by atoms with Gasteiger partial charge in [-0.2, -0.15) is 0 Å². The third kappa shape index (κ3) is 2.31. The highest BCUT2D eigenvalue weighted by Crippen LogP contribution is 2.57. The Morgan fingerprint density at radius 1 is 1.45 bits per heavy atom. The van der Waals surface area contributed by atoms with E-state index >= 15 is 0 Å². The summed E-state index contributed by atoms with van der Waals surface area (Å²) in [4.78, 5) is 14.1. The number of rotatable bonds is 3. The van der Waals surface area contributed by atoms with Crippen LogP contribution in [0, 0.1) is 5.41 Å². The van der Waals surface area contributed by atoms with Crippen molar-refractivity contribution >= 4 is 6.03 Å². The molecule has 0 aromatic heterocycles. The van der Waals surface area contributed by atoms with Crippen molar-refractivity contribution in [2.45, 2.75) is 63.7 Å². The number of carbonyl (C=O) groups excluding carboxylic acids is 1. The Hall–Kier alpha value is -0.810. The maximum Gasteiger partial charge on any atom is 0.317 e. The molecule has 3 fully saturated rings. The quantitative estimate of drug-likeness (QED) is 0.824. The molecule has 2 amide bonds. The van der Waals surface area contributed by atoms with Crippen LogP contribution in [-0.2, 0) is 4.74 Å². The van der Waals surface area contributed by atoms with Gasteiger partial charge in [-0.3, -0.25) is 0 Å². The monoisotopic (exact) mass is 282 g/mol. The van der Waals surface area contributed by atoms with Crippen molar-refractivity contribution in [2.75, 3.05) is 19.7 Å². The topological polar surface area (TPSA) is 61.8 Å². The summed E-state index contributed by atoms with van der Waals surface area (Å²) in [5.74, 6) is 0. The van der Waals surface area contributed by atoms with Gasteiger partial charge in [-0.15, -0.1) is 0 Å². The average Bonchev–Trinajstić information content (AvgIpc) is 2.35. The highest BCUT2D eigenvalue weighted by molar-refractivity contribution is 5.75. The smallest absolute Gasteiger partial charge is 0.317 e. The molecule has 114 valence electrons. The number of hydrogen-bond acceptors (Lipinski definition) is 3. The van der Waals surface area contributed by atoms with E-state index in [4.69, 9.17) is 4.74 Å². The molecule has 1 saturated heterocycles. The fourth-order valence-electron chi connectivity index (χ4n) is 4.02. The number of amides is 2. The summed E-state index contributed by atoms with van der Waals surface area (Å²) in [5, 5.41) is 12.8. The number of nitrogens with zero attached hydrogens (tertiary/aromatic N) is 1. The van der Waals surface area contributed by atoms with E-state index in [0.29, 0.717) is 12.6 Å². The standard InChI is InChI=1S/C15H26N2O3/c1-2-20-13-9-12(15(13)6-4-7-15)16-14(19)17-8-3-5-11(18)10-17/h11-13,18H,2-10H2,1H3,(H,16,19). The van der Waals surface area contributed by atoms with E-state index in [1.54, 1.807) is 4.90 Å². The number of hydrogen-bond donors (Lipinski definition) is 2. The molecular formula is C15H26N2O3. The lowest BCUT2D eigenvalue weighted by atomic mass is 9.51. The van der Waals surface area contributed by atoms with Gasteiger partial charge in [-0.1, -0.05) is 6.42 Å². The van der Waals surface area contributed by atoms with Crippen LogP contribution in [0.4, 0.5) is 4.79 Å². The van der Waals surface area contributed by atoms with Gasteiger partial charge in [0.05, 0.1) is 12.2 Å². The highest BCUT2D eigenvalue weighted by atomic mass is 16.5. The molecule has 1 heterocycles. The summed E-state index contributed by atoms with van der Waals surface area (Å²) >= 11 is 0. The third-order valence-corrected chi connectivity index (χ3v) is 5.42. The minimum absolute atomic E-state index is 0.00465. The zero-order chi connectivity index (χ0) is 14.2. The van der Waals surface area contributed by atoms with E-state index < -0.39 is 0 Å². The number of β-amino-alcohol motifs (C(OH)–C–C–N with tert-alkyl or cyclic N) is 1. The Balaban J connectivity index is 1.54. The van der Waals surface area contributed by atoms with Crippen molar-refractivity contribution in [1.82, 2.24) is 10.2 Å². The van der Waals surface area contributed by atoms with Crippen molar-refractivity contribution in [3.8, 4) is 0 Å². The molecule has 1 aliphatic heterocycles. The number of ether oxygens (including phenoxy) is 1. The fourth-order valence-corrected chi connectivity index (χ4v) is 4.02. The van der Waals surface area contributed by atoms with Crippen LogP contribution < -0.4 is 5.32 Å². The summed E-state index contributed by atoms with van der Waals surface area (Å²) in [6.07, 6.45) is 6.21. The van der Waals surface area contributed by atoms with Crippen LogP contribution in [0.1, 0.15) is 45.4 Å². The fraction of sp³-hybridized carbons (Fsp3) is 0.933. The van der Waals surface area contributed by atoms with Crippen LogP contribution in [0.2, 0.25) is 0 Å². The molecule has 0 aromatic carbocycles. The predicted molar refractivity (Wildman–Crippen MR) is 75.4 cm³/mol. The van der Waals surface area contributed by atoms with E-state index in [0.717, 1.165) is 32.4 Å². The molecule has 3 aliphatic rings. The van der Waals surface area contributed by atoms with Crippen LogP contribution in [0.25, 0.3) is 0 Å². The summed E-state index contributed by atoms with van der Waals surface area (Å²) in [6.45, 7) is 4.02. The molecule has 3 rings (SSSR count). The van der Waals surface area contributed by atoms with Gasteiger partial charge in [0.1, 0.15) is 0 Å². The maximum absolute atomic E-state index is 12.3. The summed E-state index contributed by atoms with van der Waals surface area (Å²) < 4.78 is 5.81. The molecule has 2 aliphatic carbocycles. The largest absolute Gasteiger partial charge is 0.391 e. The SMILES string of the molecule is CCOC1CC(NC(=O)N2CCCC(O)C2)C12CCC2. The lowest BCUT2D eigenvalue weighted by Gasteiger charge is -2.61. The average molecular weight is 282 g/mol. The van der Waals surface area contributed by atoms with Gasteiger partial charge in [-0.05, 0) is 39.0 Å². The predicted octanol–water partition coefficient (Wildman–Crippen LogP) is 1.50. The number of aliphatic hydroxyl groups is 1. The normalized spacial score (nSPS) is 35.3. The van der Waals surface area contributed by atoms with Gasteiger partial charge in [0, 0.05) is 31.2 Å². The number of piperidine rings is 1. The Morgan fingerprint density at radius 2 is 2.25 bits per heavy atom. The van der Waals surface area contributed by atoms with E-state index in [1.807, 2.05) is 6.92 Å². The maximum atomic E-state index is 12.3. The first-order valence-corrected chi connectivity index (χ1v) is 8.01. The van der Waals surface area contributed by atoms with Crippen LogP contribution in [0.5, 0.6) is 0 Å². The lowest BCUT2D eigenvalue weighted by Crippen LogP contribution is -2.68. The molecule has 0 aromatic rings. The molecule has 2 N–H and O–H groups in total. The minimum atomic E-state index is -0.357. The molecule has 0 bridgehead atoms. The summed E-state index contributed by atoms with van der Waals surface area (Å²) in [5.41, 5.74) is 0.208. The Kier molecular flexibility index (Phi) is 3.91. The molecule has 1 spiro atoms. The number of urea groups is 1. The second kappa shape index (κ2) is 5.53. The van der Waals surface area contributed by atoms with E-state index in [2.05, 4.69) is 5.32 Å². The molecule has 5 heteroatoms. The summed E-state index contributed by atoms with van der Waals surface area (Å²) in [6, 6.07) is 0.259. The molecule has 0 radical (unpaired) electrons.